The molecule has 0 fully saturated rings. The second-order valence-corrected chi connectivity index (χ2v) is 7.08. The highest BCUT2D eigenvalue weighted by Crippen LogP contribution is 2.17. The van der Waals surface area contributed by atoms with E-state index in [9.17, 15) is 4.79 Å². The van der Waals surface area contributed by atoms with Crippen molar-refractivity contribution in [2.24, 2.45) is 5.10 Å². The summed E-state index contributed by atoms with van der Waals surface area (Å²) in [6.07, 6.45) is 1.78. The Morgan fingerprint density at radius 1 is 1.04 bits per heavy atom. The summed E-state index contributed by atoms with van der Waals surface area (Å²) >= 11 is 1.62. The third-order valence-corrected chi connectivity index (χ3v) is 4.90. The highest BCUT2D eigenvalue weighted by Gasteiger charge is 2.12. The molecule has 0 aliphatic heterocycles. The van der Waals surface area contributed by atoms with Crippen LogP contribution in [0.1, 0.15) is 31.4 Å². The van der Waals surface area contributed by atoms with E-state index in [0.717, 1.165) is 24.3 Å². The monoisotopic (exact) mass is 340 g/mol. The fraction of sp³-hybridized carbons (Fsp3) is 0.300. The molecular formula is C20H24N2OS. The van der Waals surface area contributed by atoms with Gasteiger partial charge in [0.25, 0.3) is 5.91 Å². The highest BCUT2D eigenvalue weighted by molar-refractivity contribution is 7.99. The van der Waals surface area contributed by atoms with Gasteiger partial charge >= 0.3 is 0 Å². The number of hydrazone groups is 1. The fourth-order valence-electron chi connectivity index (χ4n) is 2.14. The number of carbonyl (C=O) groups excluding carboxylic acids is 1. The highest BCUT2D eigenvalue weighted by atomic mass is 32.2. The first-order valence-corrected chi connectivity index (χ1v) is 9.22. The predicted octanol–water partition coefficient (Wildman–Crippen LogP) is 4.43. The number of carbonyl (C=O) groups is 1. The lowest BCUT2D eigenvalue weighted by atomic mass is 10.1. The van der Waals surface area contributed by atoms with Crippen molar-refractivity contribution in [2.75, 3.05) is 0 Å². The first-order chi connectivity index (χ1) is 11.6. The van der Waals surface area contributed by atoms with Crippen molar-refractivity contribution in [3.63, 3.8) is 0 Å². The Labute approximate surface area is 148 Å². The zero-order chi connectivity index (χ0) is 17.2. The Balaban J connectivity index is 1.72. The minimum Gasteiger partial charge on any atom is -0.272 e. The molecule has 4 heteroatoms. The lowest BCUT2D eigenvalue weighted by Gasteiger charge is -2.10. The van der Waals surface area contributed by atoms with E-state index in [0.29, 0.717) is 0 Å². The Morgan fingerprint density at radius 3 is 2.25 bits per heavy atom. The van der Waals surface area contributed by atoms with Gasteiger partial charge in [-0.05, 0) is 37.8 Å². The third kappa shape index (κ3) is 6.59. The predicted molar refractivity (Wildman–Crippen MR) is 103 cm³/mol. The van der Waals surface area contributed by atoms with E-state index in [1.165, 1.54) is 11.1 Å². The number of aryl methyl sites for hydroxylation is 1. The fourth-order valence-corrected chi connectivity index (χ4v) is 2.98. The minimum absolute atomic E-state index is 0.0463. The topological polar surface area (TPSA) is 41.5 Å². The Bertz CT molecular complexity index is 656. The molecule has 0 spiro atoms. The van der Waals surface area contributed by atoms with Crippen molar-refractivity contribution in [3.8, 4) is 0 Å². The van der Waals surface area contributed by atoms with Crippen molar-refractivity contribution in [3.05, 3.63) is 71.8 Å². The van der Waals surface area contributed by atoms with Gasteiger partial charge in [0, 0.05) is 11.5 Å². The molecule has 1 atom stereocenters. The number of benzene rings is 2. The van der Waals surface area contributed by atoms with Crippen LogP contribution in [-0.4, -0.2) is 16.9 Å². The Morgan fingerprint density at radius 2 is 1.62 bits per heavy atom. The van der Waals surface area contributed by atoms with Crippen molar-refractivity contribution < 1.29 is 4.79 Å². The molecule has 0 aliphatic rings. The molecule has 2 aromatic carbocycles. The van der Waals surface area contributed by atoms with Gasteiger partial charge < -0.3 is 0 Å². The van der Waals surface area contributed by atoms with Gasteiger partial charge in [-0.25, -0.2) is 5.43 Å². The molecule has 0 aromatic heterocycles. The van der Waals surface area contributed by atoms with Gasteiger partial charge in [0.05, 0.1) is 5.25 Å². The SMILES string of the molecule is CC(CCc1ccccc1)=NNC(=O)C(C)SCc1ccccc1. The maximum atomic E-state index is 12.1. The van der Waals surface area contributed by atoms with E-state index >= 15 is 0 Å². The molecular weight excluding hydrogens is 316 g/mol. The van der Waals surface area contributed by atoms with Gasteiger partial charge in [0.15, 0.2) is 0 Å². The zero-order valence-corrected chi connectivity index (χ0v) is 15.1. The smallest absolute Gasteiger partial charge is 0.252 e. The summed E-state index contributed by atoms with van der Waals surface area (Å²) in [5, 5.41) is 4.09. The summed E-state index contributed by atoms with van der Waals surface area (Å²) in [5.74, 6) is 0.779. The number of rotatable bonds is 8. The van der Waals surface area contributed by atoms with Gasteiger partial charge in [0.2, 0.25) is 0 Å². The zero-order valence-electron chi connectivity index (χ0n) is 14.2. The van der Waals surface area contributed by atoms with Gasteiger partial charge in [-0.1, -0.05) is 60.7 Å². The van der Waals surface area contributed by atoms with E-state index in [1.54, 1.807) is 11.8 Å². The lowest BCUT2D eigenvalue weighted by Crippen LogP contribution is -2.27. The standard InChI is InChI=1S/C20H24N2OS/c1-16(13-14-18-9-5-3-6-10-18)21-22-20(23)17(2)24-15-19-11-7-4-8-12-19/h3-12,17H,13-15H2,1-2H3,(H,22,23). The number of thioether (sulfide) groups is 1. The average Bonchev–Trinajstić information content (AvgIpc) is 2.64. The summed E-state index contributed by atoms with van der Waals surface area (Å²) in [6, 6.07) is 20.5. The molecule has 0 saturated heterocycles. The van der Waals surface area contributed by atoms with Gasteiger partial charge in [-0.2, -0.15) is 5.10 Å². The summed E-state index contributed by atoms with van der Waals surface area (Å²) in [7, 11) is 0. The molecule has 2 rings (SSSR count). The molecule has 3 nitrogen and oxygen atoms in total. The first-order valence-electron chi connectivity index (χ1n) is 8.17. The Hall–Kier alpha value is -2.07. The van der Waals surface area contributed by atoms with Crippen molar-refractivity contribution in [2.45, 2.75) is 37.7 Å². The molecule has 1 amide bonds. The molecule has 1 unspecified atom stereocenters. The van der Waals surface area contributed by atoms with Gasteiger partial charge in [-0.15, -0.1) is 11.8 Å². The van der Waals surface area contributed by atoms with Gasteiger partial charge in [0.1, 0.15) is 0 Å². The van der Waals surface area contributed by atoms with Crippen LogP contribution >= 0.6 is 11.8 Å². The molecule has 0 bridgehead atoms. The average molecular weight is 340 g/mol. The van der Waals surface area contributed by atoms with E-state index in [4.69, 9.17) is 0 Å². The number of nitrogens with one attached hydrogen (secondary N) is 1. The Kier molecular flexibility index (Phi) is 7.56. The first kappa shape index (κ1) is 18.3. The molecule has 0 radical (unpaired) electrons. The lowest BCUT2D eigenvalue weighted by molar-refractivity contribution is -0.120. The van der Waals surface area contributed by atoms with E-state index in [2.05, 4.69) is 34.8 Å². The van der Waals surface area contributed by atoms with Crippen LogP contribution in [0.3, 0.4) is 0 Å². The second-order valence-electron chi connectivity index (χ2n) is 5.75. The van der Waals surface area contributed by atoms with Crippen LogP contribution in [0.15, 0.2) is 65.8 Å². The van der Waals surface area contributed by atoms with Crippen molar-refractivity contribution in [1.82, 2.24) is 5.43 Å². The van der Waals surface area contributed by atoms with Crippen LogP contribution in [0.4, 0.5) is 0 Å². The van der Waals surface area contributed by atoms with E-state index in [-0.39, 0.29) is 11.2 Å². The molecule has 0 heterocycles. The minimum atomic E-state index is -0.129. The van der Waals surface area contributed by atoms with E-state index < -0.39 is 0 Å². The molecule has 0 saturated carbocycles. The summed E-state index contributed by atoms with van der Waals surface area (Å²) < 4.78 is 0. The van der Waals surface area contributed by atoms with Crippen LogP contribution < -0.4 is 5.43 Å². The van der Waals surface area contributed by atoms with Crippen LogP contribution in [0.25, 0.3) is 0 Å². The second kappa shape index (κ2) is 9.93. The number of hydrogen-bond acceptors (Lipinski definition) is 3. The van der Waals surface area contributed by atoms with Crippen molar-refractivity contribution >= 4 is 23.4 Å². The van der Waals surface area contributed by atoms with Crippen LogP contribution in [0.2, 0.25) is 0 Å². The summed E-state index contributed by atoms with van der Waals surface area (Å²) in [5.41, 5.74) is 6.13. The van der Waals surface area contributed by atoms with E-state index in [1.807, 2.05) is 50.2 Å². The van der Waals surface area contributed by atoms with Crippen LogP contribution in [0.5, 0.6) is 0 Å². The number of hydrogen-bond donors (Lipinski definition) is 1. The summed E-state index contributed by atoms with van der Waals surface area (Å²) in [4.78, 5) is 12.1. The van der Waals surface area contributed by atoms with Crippen molar-refractivity contribution in [1.29, 1.82) is 0 Å². The number of amides is 1. The van der Waals surface area contributed by atoms with Gasteiger partial charge in [-0.3, -0.25) is 4.79 Å². The number of nitrogens with zero attached hydrogens (tertiary/aromatic N) is 1. The largest absolute Gasteiger partial charge is 0.272 e. The molecule has 2 aromatic rings. The maximum Gasteiger partial charge on any atom is 0.252 e. The van der Waals surface area contributed by atoms with Crippen LogP contribution in [0, 0.1) is 0 Å². The quantitative estimate of drug-likeness (QED) is 0.570. The third-order valence-electron chi connectivity index (χ3n) is 3.69. The summed E-state index contributed by atoms with van der Waals surface area (Å²) in [6.45, 7) is 3.86. The molecule has 1 N–H and O–H groups in total. The maximum absolute atomic E-state index is 12.1. The molecule has 24 heavy (non-hydrogen) atoms. The molecule has 126 valence electrons. The molecule has 0 aliphatic carbocycles. The normalized spacial score (nSPS) is 12.7. The van der Waals surface area contributed by atoms with Crippen LogP contribution in [-0.2, 0) is 17.0 Å².